The molecule has 1 aliphatic heterocycles. The first-order chi connectivity index (χ1) is 10.8. The summed E-state index contributed by atoms with van der Waals surface area (Å²) in [5, 5.41) is 12.3. The second kappa shape index (κ2) is 6.37. The highest BCUT2D eigenvalue weighted by Gasteiger charge is 2.14. The number of nitrogens with zero attached hydrogens (tertiary/aromatic N) is 2. The Morgan fingerprint density at radius 2 is 2.23 bits per heavy atom. The number of fused-ring (bicyclic) bond motifs is 1. The third kappa shape index (κ3) is 3.13. The van der Waals surface area contributed by atoms with Crippen molar-refractivity contribution in [3.63, 3.8) is 0 Å². The largest absolute Gasteiger partial charge is 0.454 e. The molecule has 110 valence electrons. The molecule has 0 saturated heterocycles. The molecule has 3 rings (SSSR count). The number of thioether (sulfide) groups is 1. The summed E-state index contributed by atoms with van der Waals surface area (Å²) in [6.45, 7) is 0.194. The van der Waals surface area contributed by atoms with Crippen molar-refractivity contribution in [3.05, 3.63) is 42.1 Å². The van der Waals surface area contributed by atoms with Gasteiger partial charge in [0.05, 0.1) is 11.3 Å². The molecule has 22 heavy (non-hydrogen) atoms. The molecule has 0 bridgehead atoms. The number of hydrogen-bond acceptors (Lipinski definition) is 6. The second-order valence-electron chi connectivity index (χ2n) is 4.37. The van der Waals surface area contributed by atoms with Gasteiger partial charge in [0.1, 0.15) is 11.1 Å². The zero-order valence-corrected chi connectivity index (χ0v) is 12.2. The molecule has 0 radical (unpaired) electrons. The van der Waals surface area contributed by atoms with Gasteiger partial charge in [-0.15, -0.1) is 0 Å². The highest BCUT2D eigenvalue weighted by molar-refractivity contribution is 8.00. The van der Waals surface area contributed by atoms with Gasteiger partial charge in [0.25, 0.3) is 0 Å². The lowest BCUT2D eigenvalue weighted by Gasteiger charge is -2.06. The second-order valence-corrected chi connectivity index (χ2v) is 5.34. The molecule has 1 aromatic heterocycles. The Bertz CT molecular complexity index is 758. The fraction of sp³-hybridized carbons (Fsp3) is 0.133. The van der Waals surface area contributed by atoms with E-state index in [0.29, 0.717) is 27.8 Å². The number of aromatic nitrogens is 1. The molecule has 6 nitrogen and oxygen atoms in total. The maximum absolute atomic E-state index is 12.0. The van der Waals surface area contributed by atoms with Crippen LogP contribution in [0.2, 0.25) is 0 Å². The predicted octanol–water partition coefficient (Wildman–Crippen LogP) is 2.41. The monoisotopic (exact) mass is 313 g/mol. The van der Waals surface area contributed by atoms with Crippen LogP contribution in [-0.2, 0) is 4.79 Å². The molecular formula is C15H11N3O3S. The van der Waals surface area contributed by atoms with Gasteiger partial charge in [-0.25, -0.2) is 4.98 Å². The molecular weight excluding hydrogens is 302 g/mol. The van der Waals surface area contributed by atoms with E-state index in [-0.39, 0.29) is 18.5 Å². The fourth-order valence-electron chi connectivity index (χ4n) is 1.90. The van der Waals surface area contributed by atoms with Crippen LogP contribution in [0.5, 0.6) is 11.5 Å². The molecule has 2 aromatic rings. The van der Waals surface area contributed by atoms with Crippen LogP contribution in [0.3, 0.4) is 0 Å². The minimum atomic E-state index is -0.182. The lowest BCUT2D eigenvalue weighted by atomic mass is 10.3. The minimum absolute atomic E-state index is 0.167. The van der Waals surface area contributed by atoms with Gasteiger partial charge in [-0.05, 0) is 24.3 Å². The first-order valence-electron chi connectivity index (χ1n) is 6.43. The Morgan fingerprint density at radius 3 is 3.09 bits per heavy atom. The van der Waals surface area contributed by atoms with Crippen molar-refractivity contribution in [1.82, 2.24) is 4.98 Å². The van der Waals surface area contributed by atoms with E-state index in [1.165, 1.54) is 11.8 Å². The summed E-state index contributed by atoms with van der Waals surface area (Å²) in [4.78, 5) is 16.1. The summed E-state index contributed by atoms with van der Waals surface area (Å²) in [6.07, 6.45) is 1.60. The van der Waals surface area contributed by atoms with Gasteiger partial charge in [0.2, 0.25) is 12.7 Å². The topological polar surface area (TPSA) is 84.2 Å². The van der Waals surface area contributed by atoms with Crippen molar-refractivity contribution in [2.75, 3.05) is 17.9 Å². The number of nitrogens with one attached hydrogen (secondary N) is 1. The molecule has 0 atom stereocenters. The van der Waals surface area contributed by atoms with Crippen molar-refractivity contribution < 1.29 is 14.3 Å². The van der Waals surface area contributed by atoms with Gasteiger partial charge in [0, 0.05) is 18.0 Å². The van der Waals surface area contributed by atoms with Crippen molar-refractivity contribution >= 4 is 23.4 Å². The smallest absolute Gasteiger partial charge is 0.234 e. The molecule has 1 aromatic carbocycles. The van der Waals surface area contributed by atoms with Gasteiger partial charge >= 0.3 is 0 Å². The van der Waals surface area contributed by atoms with Crippen LogP contribution in [0, 0.1) is 11.3 Å². The molecule has 1 aliphatic rings. The molecule has 0 spiro atoms. The van der Waals surface area contributed by atoms with Crippen LogP contribution in [-0.4, -0.2) is 23.4 Å². The quantitative estimate of drug-likeness (QED) is 0.873. The zero-order chi connectivity index (χ0) is 15.4. The highest BCUT2D eigenvalue weighted by Crippen LogP contribution is 2.34. The van der Waals surface area contributed by atoms with Crippen molar-refractivity contribution in [2.45, 2.75) is 5.03 Å². The summed E-state index contributed by atoms with van der Waals surface area (Å²) in [7, 11) is 0. The Hall–Kier alpha value is -2.72. The average molecular weight is 313 g/mol. The van der Waals surface area contributed by atoms with Gasteiger partial charge in [-0.3, -0.25) is 4.79 Å². The summed E-state index contributed by atoms with van der Waals surface area (Å²) < 4.78 is 10.5. The molecule has 0 unspecified atom stereocenters. The number of carbonyl (C=O) groups is 1. The molecule has 1 N–H and O–H groups in total. The summed E-state index contributed by atoms with van der Waals surface area (Å²) in [6, 6.07) is 10.6. The SMILES string of the molecule is N#Cc1cccnc1SCC(=O)Nc1ccc2c(c1)OCO2. The maximum atomic E-state index is 12.0. The molecule has 2 heterocycles. The van der Waals surface area contributed by atoms with E-state index in [4.69, 9.17) is 14.7 Å². The van der Waals surface area contributed by atoms with Crippen LogP contribution in [0.15, 0.2) is 41.6 Å². The first kappa shape index (κ1) is 14.2. The third-order valence-corrected chi connectivity index (χ3v) is 3.89. The van der Waals surface area contributed by atoms with Gasteiger partial charge in [-0.2, -0.15) is 5.26 Å². The summed E-state index contributed by atoms with van der Waals surface area (Å²) >= 11 is 1.22. The Morgan fingerprint density at radius 1 is 1.36 bits per heavy atom. The van der Waals surface area contributed by atoms with Crippen molar-refractivity contribution in [2.24, 2.45) is 0 Å². The van der Waals surface area contributed by atoms with E-state index in [1.54, 1.807) is 36.5 Å². The standard InChI is InChI=1S/C15H11N3O3S/c16-7-10-2-1-5-17-15(10)22-8-14(19)18-11-3-4-12-13(6-11)21-9-20-12/h1-6H,8-9H2,(H,18,19). The number of carbonyl (C=O) groups excluding carboxylic acids is 1. The normalized spacial score (nSPS) is 11.8. The third-order valence-electron chi connectivity index (χ3n) is 2.89. The summed E-state index contributed by atoms with van der Waals surface area (Å²) in [5.74, 6) is 1.26. The number of rotatable bonds is 4. The lowest BCUT2D eigenvalue weighted by Crippen LogP contribution is -2.14. The molecule has 0 fully saturated rings. The van der Waals surface area contributed by atoms with E-state index in [0.717, 1.165) is 0 Å². The lowest BCUT2D eigenvalue weighted by molar-refractivity contribution is -0.113. The van der Waals surface area contributed by atoms with E-state index >= 15 is 0 Å². The Kier molecular flexibility index (Phi) is 4.12. The van der Waals surface area contributed by atoms with E-state index in [9.17, 15) is 4.79 Å². The number of anilines is 1. The Balaban J connectivity index is 1.60. The van der Waals surface area contributed by atoms with E-state index in [2.05, 4.69) is 16.4 Å². The van der Waals surface area contributed by atoms with Gasteiger partial charge in [-0.1, -0.05) is 11.8 Å². The fourth-order valence-corrected chi connectivity index (χ4v) is 2.64. The zero-order valence-electron chi connectivity index (χ0n) is 11.4. The van der Waals surface area contributed by atoms with Crippen molar-refractivity contribution in [3.8, 4) is 17.6 Å². The number of benzene rings is 1. The number of hydrogen-bond donors (Lipinski definition) is 1. The van der Waals surface area contributed by atoms with Crippen LogP contribution in [0.25, 0.3) is 0 Å². The molecule has 0 aliphatic carbocycles. The van der Waals surface area contributed by atoms with Gasteiger partial charge < -0.3 is 14.8 Å². The molecule has 1 amide bonds. The van der Waals surface area contributed by atoms with Gasteiger partial charge in [0.15, 0.2) is 11.5 Å². The van der Waals surface area contributed by atoms with E-state index in [1.807, 2.05) is 0 Å². The average Bonchev–Trinajstić information content (AvgIpc) is 3.01. The van der Waals surface area contributed by atoms with Crippen LogP contribution in [0.4, 0.5) is 5.69 Å². The Labute approximate surface area is 131 Å². The predicted molar refractivity (Wildman–Crippen MR) is 80.9 cm³/mol. The number of amides is 1. The van der Waals surface area contributed by atoms with Crippen LogP contribution >= 0.6 is 11.8 Å². The molecule has 0 saturated carbocycles. The number of ether oxygens (including phenoxy) is 2. The molecule has 7 heteroatoms. The van der Waals surface area contributed by atoms with E-state index < -0.39 is 0 Å². The minimum Gasteiger partial charge on any atom is -0.454 e. The van der Waals surface area contributed by atoms with Crippen LogP contribution < -0.4 is 14.8 Å². The summed E-state index contributed by atoms with van der Waals surface area (Å²) in [5.41, 5.74) is 1.10. The maximum Gasteiger partial charge on any atom is 0.234 e. The first-order valence-corrected chi connectivity index (χ1v) is 7.42. The highest BCUT2D eigenvalue weighted by atomic mass is 32.2. The number of pyridine rings is 1. The van der Waals surface area contributed by atoms with Crippen molar-refractivity contribution in [1.29, 1.82) is 5.26 Å². The number of nitriles is 1. The van der Waals surface area contributed by atoms with Crippen LogP contribution in [0.1, 0.15) is 5.56 Å².